The summed E-state index contributed by atoms with van der Waals surface area (Å²) in [6.45, 7) is 2.63. The molecule has 0 aromatic heterocycles. The highest BCUT2D eigenvalue weighted by atomic mass is 127. The number of benzene rings is 1. The molecule has 1 aromatic carbocycles. The summed E-state index contributed by atoms with van der Waals surface area (Å²) in [6, 6.07) is 7.51. The van der Waals surface area contributed by atoms with Crippen molar-refractivity contribution in [3.05, 3.63) is 35.4 Å². The van der Waals surface area contributed by atoms with Crippen LogP contribution in [0.15, 0.2) is 29.3 Å². The van der Waals surface area contributed by atoms with Crippen LogP contribution in [0.25, 0.3) is 0 Å². The van der Waals surface area contributed by atoms with Crippen molar-refractivity contribution in [3.63, 3.8) is 0 Å². The summed E-state index contributed by atoms with van der Waals surface area (Å²) in [5.41, 5.74) is 1.70. The zero-order chi connectivity index (χ0) is 13.7. The van der Waals surface area contributed by atoms with Crippen molar-refractivity contribution in [2.75, 3.05) is 33.8 Å². The third-order valence-corrected chi connectivity index (χ3v) is 3.10. The maximum atomic E-state index is 11.4. The van der Waals surface area contributed by atoms with Crippen LogP contribution in [0.1, 0.15) is 15.9 Å². The molecule has 2 rings (SSSR count). The monoisotopic (exact) mass is 389 g/mol. The van der Waals surface area contributed by atoms with Gasteiger partial charge in [-0.25, -0.2) is 4.79 Å². The van der Waals surface area contributed by atoms with Gasteiger partial charge < -0.3 is 15.0 Å². The van der Waals surface area contributed by atoms with Gasteiger partial charge in [0, 0.05) is 20.1 Å². The molecule has 6 heteroatoms. The Kier molecular flexibility index (Phi) is 6.77. The first-order valence-corrected chi connectivity index (χ1v) is 6.37. The normalized spacial score (nSPS) is 13.5. The molecule has 0 fully saturated rings. The highest BCUT2D eigenvalue weighted by Crippen LogP contribution is 2.07. The Morgan fingerprint density at radius 2 is 2.30 bits per heavy atom. The minimum atomic E-state index is -0.297. The van der Waals surface area contributed by atoms with Crippen molar-refractivity contribution in [2.45, 2.75) is 6.42 Å². The molecular weight excluding hydrogens is 369 g/mol. The van der Waals surface area contributed by atoms with Gasteiger partial charge in [-0.3, -0.25) is 4.99 Å². The second-order valence-electron chi connectivity index (χ2n) is 4.50. The molecule has 0 amide bonds. The van der Waals surface area contributed by atoms with Crippen molar-refractivity contribution < 1.29 is 9.53 Å². The van der Waals surface area contributed by atoms with Gasteiger partial charge in [0.15, 0.2) is 5.96 Å². The Hall–Kier alpha value is -1.31. The number of carbonyl (C=O) groups is 1. The number of rotatable bonds is 4. The molecule has 0 bridgehead atoms. The predicted octanol–water partition coefficient (Wildman–Crippen LogP) is 1.52. The van der Waals surface area contributed by atoms with Crippen LogP contribution in [-0.4, -0.2) is 50.6 Å². The quantitative estimate of drug-likeness (QED) is 0.627. The number of carbonyl (C=O) groups excluding carboxylic acids is 1. The van der Waals surface area contributed by atoms with Crippen molar-refractivity contribution in [2.24, 2.45) is 4.99 Å². The molecule has 1 aliphatic heterocycles. The zero-order valence-corrected chi connectivity index (χ0v) is 14.1. The van der Waals surface area contributed by atoms with E-state index in [1.807, 2.05) is 25.2 Å². The van der Waals surface area contributed by atoms with Crippen LogP contribution in [0.2, 0.25) is 0 Å². The maximum Gasteiger partial charge on any atom is 0.337 e. The molecule has 1 N–H and O–H groups in total. The molecule has 0 unspecified atom stereocenters. The third-order valence-electron chi connectivity index (χ3n) is 3.10. The van der Waals surface area contributed by atoms with Gasteiger partial charge in [-0.1, -0.05) is 12.1 Å². The van der Waals surface area contributed by atoms with E-state index in [2.05, 4.69) is 15.2 Å². The molecule has 1 aliphatic rings. The molecule has 0 saturated heterocycles. The lowest BCUT2D eigenvalue weighted by atomic mass is 10.1. The number of hydrogen-bond acceptors (Lipinski definition) is 5. The fourth-order valence-corrected chi connectivity index (χ4v) is 2.01. The lowest BCUT2D eigenvalue weighted by Crippen LogP contribution is -2.36. The molecule has 0 saturated carbocycles. The molecule has 5 nitrogen and oxygen atoms in total. The van der Waals surface area contributed by atoms with Crippen LogP contribution in [0.5, 0.6) is 0 Å². The molecular formula is C14H20IN3O2. The van der Waals surface area contributed by atoms with Crippen LogP contribution in [0.3, 0.4) is 0 Å². The molecule has 1 aromatic rings. The van der Waals surface area contributed by atoms with Gasteiger partial charge in [0.2, 0.25) is 0 Å². The average Bonchev–Trinajstić information content (AvgIpc) is 2.84. The highest BCUT2D eigenvalue weighted by molar-refractivity contribution is 14.0. The number of aliphatic imine (C=N–C) groups is 1. The summed E-state index contributed by atoms with van der Waals surface area (Å²) in [6.07, 6.45) is 0.845. The number of likely N-dealkylation sites (N-methyl/N-ethyl adjacent to an activating group) is 1. The first-order chi connectivity index (χ1) is 9.20. The molecule has 0 atom stereocenters. The molecule has 0 radical (unpaired) electrons. The highest BCUT2D eigenvalue weighted by Gasteiger charge is 2.11. The second-order valence-corrected chi connectivity index (χ2v) is 4.50. The summed E-state index contributed by atoms with van der Waals surface area (Å²) >= 11 is 0. The van der Waals surface area contributed by atoms with Crippen LogP contribution in [0.4, 0.5) is 0 Å². The van der Waals surface area contributed by atoms with Gasteiger partial charge in [-0.15, -0.1) is 24.0 Å². The third kappa shape index (κ3) is 4.36. The number of guanidine groups is 1. The van der Waals surface area contributed by atoms with Crippen molar-refractivity contribution >= 4 is 35.9 Å². The van der Waals surface area contributed by atoms with Gasteiger partial charge in [0.25, 0.3) is 0 Å². The van der Waals surface area contributed by atoms with E-state index < -0.39 is 0 Å². The minimum absolute atomic E-state index is 0. The van der Waals surface area contributed by atoms with Crippen molar-refractivity contribution in [3.8, 4) is 0 Å². The topological polar surface area (TPSA) is 53.9 Å². The summed E-state index contributed by atoms with van der Waals surface area (Å²) in [4.78, 5) is 17.9. The van der Waals surface area contributed by atoms with E-state index in [0.717, 1.165) is 37.6 Å². The van der Waals surface area contributed by atoms with Gasteiger partial charge in [0.1, 0.15) is 0 Å². The number of halogens is 1. The van der Waals surface area contributed by atoms with E-state index in [4.69, 9.17) is 4.74 Å². The van der Waals surface area contributed by atoms with E-state index in [0.29, 0.717) is 5.56 Å². The fraction of sp³-hybridized carbons (Fsp3) is 0.429. The van der Waals surface area contributed by atoms with Gasteiger partial charge in [0.05, 0.1) is 19.2 Å². The summed E-state index contributed by atoms with van der Waals surface area (Å²) < 4.78 is 4.71. The summed E-state index contributed by atoms with van der Waals surface area (Å²) in [7, 11) is 3.42. The summed E-state index contributed by atoms with van der Waals surface area (Å²) in [5.74, 6) is 0.652. The minimum Gasteiger partial charge on any atom is -0.465 e. The number of hydrogen-bond donors (Lipinski definition) is 1. The van der Waals surface area contributed by atoms with Gasteiger partial charge in [-0.05, 0) is 24.1 Å². The first kappa shape index (κ1) is 16.7. The van der Waals surface area contributed by atoms with Gasteiger partial charge >= 0.3 is 5.97 Å². The van der Waals surface area contributed by atoms with E-state index in [9.17, 15) is 4.79 Å². The number of methoxy groups -OCH3 is 1. The number of esters is 1. The number of nitrogens with zero attached hydrogens (tertiary/aromatic N) is 2. The Bertz CT molecular complexity index is 491. The Morgan fingerprint density at radius 1 is 1.50 bits per heavy atom. The van der Waals surface area contributed by atoms with E-state index in [1.54, 1.807) is 6.07 Å². The fourth-order valence-electron chi connectivity index (χ4n) is 2.01. The van der Waals surface area contributed by atoms with Gasteiger partial charge in [-0.2, -0.15) is 0 Å². The zero-order valence-electron chi connectivity index (χ0n) is 11.8. The van der Waals surface area contributed by atoms with Crippen LogP contribution < -0.4 is 5.32 Å². The average molecular weight is 389 g/mol. The predicted molar refractivity (Wildman–Crippen MR) is 89.8 cm³/mol. The molecule has 20 heavy (non-hydrogen) atoms. The summed E-state index contributed by atoms with van der Waals surface area (Å²) in [5, 5.41) is 3.30. The first-order valence-electron chi connectivity index (χ1n) is 6.37. The number of nitrogens with one attached hydrogen (secondary N) is 1. The maximum absolute atomic E-state index is 11.4. The van der Waals surface area contributed by atoms with Crippen molar-refractivity contribution in [1.29, 1.82) is 0 Å². The van der Waals surface area contributed by atoms with E-state index in [-0.39, 0.29) is 29.9 Å². The van der Waals surface area contributed by atoms with E-state index in [1.165, 1.54) is 7.11 Å². The largest absolute Gasteiger partial charge is 0.465 e. The molecule has 1 heterocycles. The Balaban J connectivity index is 0.00000200. The van der Waals surface area contributed by atoms with Crippen LogP contribution >= 0.6 is 24.0 Å². The lowest BCUT2D eigenvalue weighted by Gasteiger charge is -2.15. The van der Waals surface area contributed by atoms with Crippen LogP contribution in [-0.2, 0) is 11.2 Å². The SMILES string of the molecule is COC(=O)c1cccc(CCNC2=NCCN2C)c1.I. The lowest BCUT2D eigenvalue weighted by molar-refractivity contribution is 0.0600. The molecule has 0 aliphatic carbocycles. The second kappa shape index (κ2) is 8.08. The Morgan fingerprint density at radius 3 is 2.95 bits per heavy atom. The van der Waals surface area contributed by atoms with E-state index >= 15 is 0 Å². The molecule has 110 valence electrons. The number of ether oxygens (including phenoxy) is 1. The standard InChI is InChI=1S/C14H19N3O2.HI/c1-17-9-8-16-14(17)15-7-6-11-4-3-5-12(10-11)13(18)19-2;/h3-5,10H,6-9H2,1-2H3,(H,15,16);1H. The smallest absolute Gasteiger partial charge is 0.337 e. The van der Waals surface area contributed by atoms with Crippen molar-refractivity contribution in [1.82, 2.24) is 10.2 Å². The Labute approximate surface area is 136 Å². The van der Waals surface area contributed by atoms with Crippen LogP contribution in [0, 0.1) is 0 Å². The molecule has 0 spiro atoms.